The molecular formula is C13H18N2O3. The fourth-order valence-corrected chi connectivity index (χ4v) is 2.16. The summed E-state index contributed by atoms with van der Waals surface area (Å²) in [7, 11) is 0. The van der Waals surface area contributed by atoms with Crippen molar-refractivity contribution in [2.45, 2.75) is 45.6 Å². The highest BCUT2D eigenvalue weighted by Crippen LogP contribution is 2.36. The normalized spacial score (nSPS) is 19.4. The van der Waals surface area contributed by atoms with E-state index in [9.17, 15) is 4.79 Å². The summed E-state index contributed by atoms with van der Waals surface area (Å²) in [6.45, 7) is 4.54. The maximum atomic E-state index is 10.6. The SMILES string of the molecule is CC1(C)CCC(Oc2ccc(C(=O)O)nn2)CC1. The van der Waals surface area contributed by atoms with Crippen molar-refractivity contribution in [1.29, 1.82) is 0 Å². The van der Waals surface area contributed by atoms with Gasteiger partial charge in [0.1, 0.15) is 6.10 Å². The van der Waals surface area contributed by atoms with Crippen LogP contribution in [0.2, 0.25) is 0 Å². The molecule has 1 heterocycles. The predicted octanol–water partition coefficient (Wildman–Crippen LogP) is 2.52. The van der Waals surface area contributed by atoms with Gasteiger partial charge in [0.2, 0.25) is 5.88 Å². The summed E-state index contributed by atoms with van der Waals surface area (Å²) in [5.74, 6) is -0.668. The maximum absolute atomic E-state index is 10.6. The Morgan fingerprint density at radius 1 is 1.33 bits per heavy atom. The lowest BCUT2D eigenvalue weighted by Gasteiger charge is -2.33. The number of carboxylic acid groups (broad SMARTS) is 1. The second kappa shape index (κ2) is 4.92. The summed E-state index contributed by atoms with van der Waals surface area (Å²) in [6.07, 6.45) is 4.46. The Balaban J connectivity index is 1.92. The van der Waals surface area contributed by atoms with Gasteiger partial charge in [-0.3, -0.25) is 0 Å². The van der Waals surface area contributed by atoms with Gasteiger partial charge in [-0.2, -0.15) is 0 Å². The van der Waals surface area contributed by atoms with E-state index < -0.39 is 5.97 Å². The van der Waals surface area contributed by atoms with Gasteiger partial charge < -0.3 is 9.84 Å². The Hall–Kier alpha value is -1.65. The summed E-state index contributed by atoms with van der Waals surface area (Å²) < 4.78 is 5.72. The predicted molar refractivity (Wildman–Crippen MR) is 65.7 cm³/mol. The topological polar surface area (TPSA) is 72.3 Å². The standard InChI is InChI=1S/C13H18N2O3/c1-13(2)7-5-9(6-8-13)18-11-4-3-10(12(16)17)14-15-11/h3-4,9H,5-8H2,1-2H3,(H,16,17). The Kier molecular flexibility index (Phi) is 3.50. The Bertz CT molecular complexity index is 418. The monoisotopic (exact) mass is 250 g/mol. The zero-order valence-corrected chi connectivity index (χ0v) is 10.7. The second-order valence-corrected chi connectivity index (χ2v) is 5.54. The molecule has 0 spiro atoms. The average Bonchev–Trinajstić information content (AvgIpc) is 2.33. The number of aromatic carboxylic acids is 1. The molecule has 0 aliphatic heterocycles. The summed E-state index contributed by atoms with van der Waals surface area (Å²) >= 11 is 0. The van der Waals surface area contributed by atoms with Crippen molar-refractivity contribution in [3.63, 3.8) is 0 Å². The summed E-state index contributed by atoms with van der Waals surface area (Å²) in [5, 5.41) is 16.1. The molecule has 0 bridgehead atoms. The number of ether oxygens (including phenoxy) is 1. The molecule has 0 amide bonds. The van der Waals surface area contributed by atoms with Crippen LogP contribution in [0.25, 0.3) is 0 Å². The number of hydrogen-bond acceptors (Lipinski definition) is 4. The van der Waals surface area contributed by atoms with Gasteiger partial charge in [-0.05, 0) is 37.2 Å². The van der Waals surface area contributed by atoms with Gasteiger partial charge in [-0.15, -0.1) is 10.2 Å². The van der Waals surface area contributed by atoms with E-state index in [1.807, 2.05) is 0 Å². The molecule has 0 radical (unpaired) electrons. The Morgan fingerprint density at radius 2 is 2.00 bits per heavy atom. The number of rotatable bonds is 3. The molecule has 18 heavy (non-hydrogen) atoms. The molecule has 5 nitrogen and oxygen atoms in total. The Labute approximate surface area is 106 Å². The lowest BCUT2D eigenvalue weighted by Crippen LogP contribution is -2.28. The quantitative estimate of drug-likeness (QED) is 0.892. The average molecular weight is 250 g/mol. The number of carboxylic acids is 1. The highest BCUT2D eigenvalue weighted by molar-refractivity contribution is 5.84. The van der Waals surface area contributed by atoms with Crippen molar-refractivity contribution >= 4 is 5.97 Å². The molecule has 98 valence electrons. The molecule has 1 N–H and O–H groups in total. The van der Waals surface area contributed by atoms with Crippen molar-refractivity contribution in [2.75, 3.05) is 0 Å². The van der Waals surface area contributed by atoms with Crippen LogP contribution in [0.4, 0.5) is 0 Å². The minimum atomic E-state index is -1.08. The van der Waals surface area contributed by atoms with Crippen molar-refractivity contribution in [3.8, 4) is 5.88 Å². The highest BCUT2D eigenvalue weighted by Gasteiger charge is 2.28. The van der Waals surface area contributed by atoms with Gasteiger partial charge in [-0.1, -0.05) is 13.8 Å². The summed E-state index contributed by atoms with van der Waals surface area (Å²) in [4.78, 5) is 10.6. The molecule has 1 aromatic heterocycles. The first-order valence-electron chi connectivity index (χ1n) is 6.20. The minimum absolute atomic E-state index is 0.0628. The fraction of sp³-hybridized carbons (Fsp3) is 0.615. The van der Waals surface area contributed by atoms with Crippen LogP contribution in [0.3, 0.4) is 0 Å². The van der Waals surface area contributed by atoms with E-state index in [-0.39, 0.29) is 11.8 Å². The first-order valence-corrected chi connectivity index (χ1v) is 6.20. The first-order chi connectivity index (χ1) is 8.46. The lowest BCUT2D eigenvalue weighted by molar-refractivity contribution is 0.0687. The van der Waals surface area contributed by atoms with Crippen LogP contribution in [-0.2, 0) is 0 Å². The maximum Gasteiger partial charge on any atom is 0.356 e. The minimum Gasteiger partial charge on any atom is -0.476 e. The number of nitrogens with zero attached hydrogens (tertiary/aromatic N) is 2. The molecule has 0 unspecified atom stereocenters. The largest absolute Gasteiger partial charge is 0.476 e. The number of aromatic nitrogens is 2. The smallest absolute Gasteiger partial charge is 0.356 e. The Morgan fingerprint density at radius 3 is 2.50 bits per heavy atom. The molecule has 1 fully saturated rings. The van der Waals surface area contributed by atoms with Gasteiger partial charge >= 0.3 is 5.97 Å². The third-order valence-electron chi connectivity index (χ3n) is 3.43. The van der Waals surface area contributed by atoms with E-state index in [0.29, 0.717) is 11.3 Å². The summed E-state index contributed by atoms with van der Waals surface area (Å²) in [6, 6.07) is 2.98. The van der Waals surface area contributed by atoms with Crippen LogP contribution >= 0.6 is 0 Å². The van der Waals surface area contributed by atoms with Crippen molar-refractivity contribution in [2.24, 2.45) is 5.41 Å². The van der Waals surface area contributed by atoms with E-state index in [4.69, 9.17) is 9.84 Å². The van der Waals surface area contributed by atoms with Gasteiger partial charge in [0.05, 0.1) is 0 Å². The van der Waals surface area contributed by atoms with Gasteiger partial charge in [0, 0.05) is 6.07 Å². The first kappa shape index (κ1) is 12.8. The van der Waals surface area contributed by atoms with Gasteiger partial charge in [0.15, 0.2) is 5.69 Å². The third-order valence-corrected chi connectivity index (χ3v) is 3.43. The van der Waals surface area contributed by atoms with Crippen molar-refractivity contribution in [3.05, 3.63) is 17.8 Å². The molecule has 0 atom stereocenters. The van der Waals surface area contributed by atoms with E-state index in [0.717, 1.165) is 25.7 Å². The molecule has 1 aliphatic rings. The van der Waals surface area contributed by atoms with Crippen LogP contribution in [-0.4, -0.2) is 27.4 Å². The molecule has 1 aromatic rings. The van der Waals surface area contributed by atoms with Gasteiger partial charge in [0.25, 0.3) is 0 Å². The fourth-order valence-electron chi connectivity index (χ4n) is 2.16. The third kappa shape index (κ3) is 3.18. The lowest BCUT2D eigenvalue weighted by atomic mass is 9.76. The number of hydrogen-bond donors (Lipinski definition) is 1. The highest BCUT2D eigenvalue weighted by atomic mass is 16.5. The zero-order valence-electron chi connectivity index (χ0n) is 10.7. The van der Waals surface area contributed by atoms with Gasteiger partial charge in [-0.25, -0.2) is 4.79 Å². The van der Waals surface area contributed by atoms with Crippen LogP contribution in [0.15, 0.2) is 12.1 Å². The zero-order chi connectivity index (χ0) is 13.2. The molecule has 2 rings (SSSR count). The molecule has 1 aliphatic carbocycles. The van der Waals surface area contributed by atoms with Crippen molar-refractivity contribution in [1.82, 2.24) is 10.2 Å². The van der Waals surface area contributed by atoms with E-state index in [1.165, 1.54) is 6.07 Å². The molecule has 1 saturated carbocycles. The molecule has 5 heteroatoms. The van der Waals surface area contributed by atoms with Crippen LogP contribution < -0.4 is 4.74 Å². The molecular weight excluding hydrogens is 232 g/mol. The van der Waals surface area contributed by atoms with Crippen LogP contribution in [0, 0.1) is 5.41 Å². The van der Waals surface area contributed by atoms with Crippen LogP contribution in [0.1, 0.15) is 50.0 Å². The molecule has 0 saturated heterocycles. The van der Waals surface area contributed by atoms with E-state index in [1.54, 1.807) is 6.07 Å². The van der Waals surface area contributed by atoms with Crippen LogP contribution in [0.5, 0.6) is 5.88 Å². The second-order valence-electron chi connectivity index (χ2n) is 5.54. The number of carbonyl (C=O) groups is 1. The van der Waals surface area contributed by atoms with E-state index in [2.05, 4.69) is 24.0 Å². The van der Waals surface area contributed by atoms with Crippen molar-refractivity contribution < 1.29 is 14.6 Å². The molecule has 0 aromatic carbocycles. The summed E-state index contributed by atoms with van der Waals surface area (Å²) in [5.41, 5.74) is 0.339. The van der Waals surface area contributed by atoms with E-state index >= 15 is 0 Å².